The summed E-state index contributed by atoms with van der Waals surface area (Å²) in [4.78, 5) is 24.2. The SMILES string of the molecule is C=CCOC(=O)C1Cc2c(OC)cc(OC)cc2C1=O. The average molecular weight is 276 g/mol. The van der Waals surface area contributed by atoms with Gasteiger partial charge in [0.1, 0.15) is 24.0 Å². The molecule has 0 radical (unpaired) electrons. The molecule has 0 saturated heterocycles. The minimum Gasteiger partial charge on any atom is -0.497 e. The maximum absolute atomic E-state index is 12.3. The number of fused-ring (bicyclic) bond motifs is 1. The summed E-state index contributed by atoms with van der Waals surface area (Å²) in [6, 6.07) is 3.32. The van der Waals surface area contributed by atoms with Crippen molar-refractivity contribution < 1.29 is 23.8 Å². The van der Waals surface area contributed by atoms with Crippen LogP contribution in [0.3, 0.4) is 0 Å². The summed E-state index contributed by atoms with van der Waals surface area (Å²) in [5.74, 6) is -0.537. The summed E-state index contributed by atoms with van der Waals surface area (Å²) in [6.07, 6.45) is 1.76. The molecule has 1 aliphatic rings. The molecule has 5 heteroatoms. The lowest BCUT2D eigenvalue weighted by Crippen LogP contribution is -2.23. The maximum atomic E-state index is 12.3. The van der Waals surface area contributed by atoms with Crippen LogP contribution in [0.4, 0.5) is 0 Å². The van der Waals surface area contributed by atoms with Crippen LogP contribution in [-0.4, -0.2) is 32.6 Å². The maximum Gasteiger partial charge on any atom is 0.317 e. The van der Waals surface area contributed by atoms with Gasteiger partial charge in [0.2, 0.25) is 0 Å². The number of hydrogen-bond acceptors (Lipinski definition) is 5. The Kier molecular flexibility index (Phi) is 4.08. The van der Waals surface area contributed by atoms with Crippen molar-refractivity contribution in [3.8, 4) is 11.5 Å². The van der Waals surface area contributed by atoms with Crippen LogP contribution in [0, 0.1) is 5.92 Å². The third-order valence-electron chi connectivity index (χ3n) is 3.26. The molecule has 0 amide bonds. The van der Waals surface area contributed by atoms with Gasteiger partial charge in [-0.1, -0.05) is 12.7 Å². The smallest absolute Gasteiger partial charge is 0.317 e. The standard InChI is InChI=1S/C15H16O5/c1-4-5-20-15(17)12-8-10-11(14(12)16)6-9(18-2)7-13(10)19-3/h4,6-7,12H,1,5,8H2,2-3H3. The molecule has 1 unspecified atom stereocenters. The minimum absolute atomic E-state index is 0.0966. The molecule has 0 aromatic heterocycles. The lowest BCUT2D eigenvalue weighted by molar-refractivity contribution is -0.145. The van der Waals surface area contributed by atoms with Crippen molar-refractivity contribution in [2.45, 2.75) is 6.42 Å². The molecule has 0 bridgehead atoms. The van der Waals surface area contributed by atoms with Crippen molar-refractivity contribution in [1.29, 1.82) is 0 Å². The fraction of sp³-hybridized carbons (Fsp3) is 0.333. The Labute approximate surface area is 117 Å². The highest BCUT2D eigenvalue weighted by molar-refractivity contribution is 6.13. The second-order valence-corrected chi connectivity index (χ2v) is 4.40. The zero-order valence-corrected chi connectivity index (χ0v) is 11.5. The molecule has 1 aliphatic carbocycles. The van der Waals surface area contributed by atoms with E-state index in [1.54, 1.807) is 12.1 Å². The third-order valence-corrected chi connectivity index (χ3v) is 3.26. The molecule has 0 N–H and O–H groups in total. The van der Waals surface area contributed by atoms with Gasteiger partial charge in [-0.2, -0.15) is 0 Å². The summed E-state index contributed by atoms with van der Waals surface area (Å²) >= 11 is 0. The second-order valence-electron chi connectivity index (χ2n) is 4.40. The molecule has 20 heavy (non-hydrogen) atoms. The van der Waals surface area contributed by atoms with Crippen molar-refractivity contribution in [3.05, 3.63) is 35.9 Å². The van der Waals surface area contributed by atoms with Gasteiger partial charge in [-0.15, -0.1) is 0 Å². The van der Waals surface area contributed by atoms with Gasteiger partial charge in [-0.3, -0.25) is 9.59 Å². The topological polar surface area (TPSA) is 61.8 Å². The Morgan fingerprint density at radius 3 is 2.75 bits per heavy atom. The van der Waals surface area contributed by atoms with Crippen LogP contribution in [0.25, 0.3) is 0 Å². The number of Topliss-reactive ketones (excluding diaryl/α,β-unsaturated/α-hetero) is 1. The predicted molar refractivity (Wildman–Crippen MR) is 72.2 cm³/mol. The first-order valence-corrected chi connectivity index (χ1v) is 6.19. The first-order chi connectivity index (χ1) is 9.62. The van der Waals surface area contributed by atoms with E-state index in [1.807, 2.05) is 0 Å². The van der Waals surface area contributed by atoms with E-state index in [2.05, 4.69) is 6.58 Å². The van der Waals surface area contributed by atoms with E-state index >= 15 is 0 Å². The molecule has 5 nitrogen and oxygen atoms in total. The van der Waals surface area contributed by atoms with Gasteiger partial charge in [0.15, 0.2) is 5.78 Å². The van der Waals surface area contributed by atoms with Crippen LogP contribution in [0.1, 0.15) is 15.9 Å². The van der Waals surface area contributed by atoms with Crippen molar-refractivity contribution in [2.75, 3.05) is 20.8 Å². The molecule has 0 saturated carbocycles. The normalized spacial score (nSPS) is 16.5. The molecule has 0 spiro atoms. The van der Waals surface area contributed by atoms with E-state index < -0.39 is 11.9 Å². The summed E-state index contributed by atoms with van der Waals surface area (Å²) in [6.45, 7) is 3.57. The molecule has 2 rings (SSSR count). The van der Waals surface area contributed by atoms with Crippen molar-refractivity contribution in [2.24, 2.45) is 5.92 Å². The van der Waals surface area contributed by atoms with Gasteiger partial charge in [0.25, 0.3) is 0 Å². The number of rotatable bonds is 5. The van der Waals surface area contributed by atoms with E-state index in [9.17, 15) is 9.59 Å². The van der Waals surface area contributed by atoms with E-state index in [1.165, 1.54) is 20.3 Å². The average Bonchev–Trinajstić information content (AvgIpc) is 2.81. The predicted octanol–water partition coefficient (Wildman–Crippen LogP) is 1.79. The van der Waals surface area contributed by atoms with E-state index in [-0.39, 0.29) is 18.8 Å². The number of carbonyl (C=O) groups is 2. The van der Waals surface area contributed by atoms with Crippen LogP contribution >= 0.6 is 0 Å². The first kappa shape index (κ1) is 14.1. The monoisotopic (exact) mass is 276 g/mol. The molecular formula is C15H16O5. The van der Waals surface area contributed by atoms with E-state index in [0.717, 1.165) is 5.56 Å². The Balaban J connectivity index is 2.32. The Bertz CT molecular complexity index is 562. The van der Waals surface area contributed by atoms with E-state index in [0.29, 0.717) is 17.1 Å². The minimum atomic E-state index is -0.814. The second kappa shape index (κ2) is 5.77. The van der Waals surface area contributed by atoms with Crippen LogP contribution < -0.4 is 9.47 Å². The molecule has 1 aromatic rings. The lowest BCUT2D eigenvalue weighted by atomic mass is 10.1. The molecule has 0 fully saturated rings. The zero-order valence-electron chi connectivity index (χ0n) is 11.5. The quantitative estimate of drug-likeness (QED) is 0.466. The molecule has 0 aliphatic heterocycles. The third kappa shape index (κ3) is 2.39. The highest BCUT2D eigenvalue weighted by Gasteiger charge is 2.39. The molecule has 0 heterocycles. The zero-order chi connectivity index (χ0) is 14.7. The summed E-state index contributed by atoms with van der Waals surface area (Å²) in [5, 5.41) is 0. The summed E-state index contributed by atoms with van der Waals surface area (Å²) < 4.78 is 15.3. The first-order valence-electron chi connectivity index (χ1n) is 6.19. The van der Waals surface area contributed by atoms with Gasteiger partial charge >= 0.3 is 5.97 Å². The van der Waals surface area contributed by atoms with Crippen LogP contribution in [0.5, 0.6) is 11.5 Å². The highest BCUT2D eigenvalue weighted by Crippen LogP contribution is 2.37. The molecule has 1 aromatic carbocycles. The molecular weight excluding hydrogens is 260 g/mol. The number of ketones is 1. The summed E-state index contributed by atoms with van der Waals surface area (Å²) in [7, 11) is 3.03. The highest BCUT2D eigenvalue weighted by atomic mass is 16.5. The number of benzene rings is 1. The van der Waals surface area contributed by atoms with Crippen LogP contribution in [0.2, 0.25) is 0 Å². The number of methoxy groups -OCH3 is 2. The van der Waals surface area contributed by atoms with Crippen LogP contribution in [-0.2, 0) is 16.0 Å². The number of ether oxygens (including phenoxy) is 3. The fourth-order valence-corrected chi connectivity index (χ4v) is 2.27. The Hall–Kier alpha value is -2.30. The number of carbonyl (C=O) groups excluding carboxylic acids is 2. The Morgan fingerprint density at radius 2 is 2.15 bits per heavy atom. The largest absolute Gasteiger partial charge is 0.497 e. The van der Waals surface area contributed by atoms with Crippen molar-refractivity contribution in [3.63, 3.8) is 0 Å². The van der Waals surface area contributed by atoms with Crippen molar-refractivity contribution in [1.82, 2.24) is 0 Å². The van der Waals surface area contributed by atoms with Gasteiger partial charge < -0.3 is 14.2 Å². The fourth-order valence-electron chi connectivity index (χ4n) is 2.27. The molecule has 1 atom stereocenters. The lowest BCUT2D eigenvalue weighted by Gasteiger charge is -2.08. The van der Waals surface area contributed by atoms with Gasteiger partial charge in [0.05, 0.1) is 14.2 Å². The van der Waals surface area contributed by atoms with Gasteiger partial charge in [-0.25, -0.2) is 0 Å². The van der Waals surface area contributed by atoms with Gasteiger partial charge in [0, 0.05) is 17.2 Å². The van der Waals surface area contributed by atoms with E-state index in [4.69, 9.17) is 14.2 Å². The number of hydrogen-bond donors (Lipinski definition) is 0. The Morgan fingerprint density at radius 1 is 1.40 bits per heavy atom. The van der Waals surface area contributed by atoms with Crippen molar-refractivity contribution >= 4 is 11.8 Å². The molecule has 106 valence electrons. The number of esters is 1. The summed E-state index contributed by atoms with van der Waals surface area (Å²) in [5.41, 5.74) is 1.18. The van der Waals surface area contributed by atoms with Crippen LogP contribution in [0.15, 0.2) is 24.8 Å². The van der Waals surface area contributed by atoms with Gasteiger partial charge in [-0.05, 0) is 12.5 Å².